The average molecular weight is 429 g/mol. The summed E-state index contributed by atoms with van der Waals surface area (Å²) in [4.78, 5) is 27.6. The zero-order valence-corrected chi connectivity index (χ0v) is 19.1. The molecule has 154 valence electrons. The van der Waals surface area contributed by atoms with E-state index in [-0.39, 0.29) is 11.9 Å². The zero-order chi connectivity index (χ0) is 20.5. The van der Waals surface area contributed by atoms with Crippen LogP contribution in [0.5, 0.6) is 0 Å². The van der Waals surface area contributed by atoms with Crippen LogP contribution >= 0.6 is 22.7 Å². The lowest BCUT2D eigenvalue weighted by Crippen LogP contribution is -2.41. The highest BCUT2D eigenvalue weighted by Gasteiger charge is 2.26. The number of piperidine rings is 1. The van der Waals surface area contributed by atoms with Crippen molar-refractivity contribution < 1.29 is 4.79 Å². The molecule has 1 atom stereocenters. The van der Waals surface area contributed by atoms with Crippen LogP contribution in [0, 0.1) is 26.7 Å². The van der Waals surface area contributed by atoms with Crippen molar-refractivity contribution in [2.45, 2.75) is 46.6 Å². The first kappa shape index (κ1) is 20.4. The van der Waals surface area contributed by atoms with Crippen molar-refractivity contribution in [3.05, 3.63) is 44.3 Å². The second kappa shape index (κ2) is 8.50. The summed E-state index contributed by atoms with van der Waals surface area (Å²) >= 11 is 3.25. The number of carbonyl (C=O) groups excluding carboxylic acids is 1. The first-order valence-corrected chi connectivity index (χ1v) is 11.9. The fourth-order valence-electron chi connectivity index (χ4n) is 4.19. The van der Waals surface area contributed by atoms with Crippen LogP contribution in [0.25, 0.3) is 10.2 Å². The molecular formula is C22H28N4OS2. The summed E-state index contributed by atoms with van der Waals surface area (Å²) in [6.45, 7) is 11.0. The van der Waals surface area contributed by atoms with Gasteiger partial charge in [0.1, 0.15) is 10.7 Å². The Morgan fingerprint density at radius 2 is 2.03 bits per heavy atom. The number of likely N-dealkylation sites (tertiary alicyclic amines) is 1. The van der Waals surface area contributed by atoms with Crippen molar-refractivity contribution in [3.63, 3.8) is 0 Å². The first-order valence-electron chi connectivity index (χ1n) is 10.2. The van der Waals surface area contributed by atoms with Gasteiger partial charge in [-0.15, -0.1) is 22.7 Å². The van der Waals surface area contributed by atoms with Gasteiger partial charge in [0, 0.05) is 22.5 Å². The normalized spacial score (nSPS) is 17.0. The van der Waals surface area contributed by atoms with E-state index in [1.54, 1.807) is 11.3 Å². The lowest BCUT2D eigenvalue weighted by Gasteiger charge is -2.36. The van der Waals surface area contributed by atoms with Gasteiger partial charge in [-0.05, 0) is 69.6 Å². The average Bonchev–Trinajstić information content (AvgIpc) is 3.31. The Hall–Kier alpha value is -1.83. The third kappa shape index (κ3) is 4.22. The number of nitrogens with zero attached hydrogens (tertiary/aromatic N) is 3. The molecule has 1 amide bonds. The van der Waals surface area contributed by atoms with E-state index in [1.807, 2.05) is 20.8 Å². The number of aromatic nitrogens is 2. The number of aryl methyl sites for hydroxylation is 3. The van der Waals surface area contributed by atoms with Crippen LogP contribution in [0.2, 0.25) is 0 Å². The smallest absolute Gasteiger partial charge is 0.261 e. The van der Waals surface area contributed by atoms with Crippen LogP contribution in [0.15, 0.2) is 17.5 Å². The highest BCUT2D eigenvalue weighted by Crippen LogP contribution is 2.32. The standard InChI is InChI=1S/C22H28N4OS2/c1-13-7-9-26(10-8-13)17(18-6-5-11-28-18)12-23-21(27)20-14(2)19-15(3)24-16(4)25-22(19)29-20/h5-6,11,13,17H,7-10,12H2,1-4H3,(H,23,27). The minimum atomic E-state index is -0.00510. The van der Waals surface area contributed by atoms with Gasteiger partial charge in [-0.25, -0.2) is 9.97 Å². The highest BCUT2D eigenvalue weighted by molar-refractivity contribution is 7.20. The second-order valence-electron chi connectivity index (χ2n) is 8.05. The minimum absolute atomic E-state index is 0.00510. The lowest BCUT2D eigenvalue weighted by atomic mass is 9.97. The number of fused-ring (bicyclic) bond motifs is 1. The van der Waals surface area contributed by atoms with Crippen molar-refractivity contribution in [3.8, 4) is 0 Å². The molecule has 7 heteroatoms. The molecule has 1 N–H and O–H groups in total. The number of hydrogen-bond donors (Lipinski definition) is 1. The maximum Gasteiger partial charge on any atom is 0.261 e. The van der Waals surface area contributed by atoms with E-state index >= 15 is 0 Å². The van der Waals surface area contributed by atoms with Crippen LogP contribution in [-0.4, -0.2) is 40.4 Å². The van der Waals surface area contributed by atoms with Crippen LogP contribution < -0.4 is 5.32 Å². The number of amides is 1. The van der Waals surface area contributed by atoms with Crippen LogP contribution in [0.4, 0.5) is 0 Å². The summed E-state index contributed by atoms with van der Waals surface area (Å²) in [6.07, 6.45) is 2.45. The maximum absolute atomic E-state index is 13.1. The molecule has 0 spiro atoms. The van der Waals surface area contributed by atoms with Crippen molar-refractivity contribution in [2.24, 2.45) is 5.92 Å². The third-order valence-electron chi connectivity index (χ3n) is 5.88. The molecule has 0 aliphatic carbocycles. The molecule has 0 radical (unpaired) electrons. The molecule has 5 nitrogen and oxygen atoms in total. The maximum atomic E-state index is 13.1. The van der Waals surface area contributed by atoms with Gasteiger partial charge >= 0.3 is 0 Å². The molecule has 0 bridgehead atoms. The number of nitrogens with one attached hydrogen (secondary N) is 1. The molecular weight excluding hydrogens is 400 g/mol. The third-order valence-corrected chi connectivity index (χ3v) is 8.03. The van der Waals surface area contributed by atoms with E-state index in [4.69, 9.17) is 0 Å². The van der Waals surface area contributed by atoms with Crippen molar-refractivity contribution in [1.29, 1.82) is 0 Å². The van der Waals surface area contributed by atoms with Crippen molar-refractivity contribution in [2.75, 3.05) is 19.6 Å². The summed E-state index contributed by atoms with van der Waals surface area (Å²) in [5.41, 5.74) is 1.93. The predicted octanol–water partition coefficient (Wildman–Crippen LogP) is 4.88. The van der Waals surface area contributed by atoms with Gasteiger partial charge in [-0.2, -0.15) is 0 Å². The Morgan fingerprint density at radius 3 is 2.72 bits per heavy atom. The van der Waals surface area contributed by atoms with Gasteiger partial charge < -0.3 is 5.32 Å². The Balaban J connectivity index is 1.53. The quantitative estimate of drug-likeness (QED) is 0.629. The molecule has 1 fully saturated rings. The van der Waals surface area contributed by atoms with Gasteiger partial charge in [-0.1, -0.05) is 13.0 Å². The van der Waals surface area contributed by atoms with Gasteiger partial charge in [-0.3, -0.25) is 9.69 Å². The van der Waals surface area contributed by atoms with Crippen LogP contribution in [-0.2, 0) is 0 Å². The fourth-order valence-corrected chi connectivity index (χ4v) is 6.25. The van der Waals surface area contributed by atoms with Crippen LogP contribution in [0.3, 0.4) is 0 Å². The van der Waals surface area contributed by atoms with Crippen LogP contribution in [0.1, 0.15) is 57.4 Å². The minimum Gasteiger partial charge on any atom is -0.349 e. The van der Waals surface area contributed by atoms with E-state index in [2.05, 4.69) is 44.6 Å². The molecule has 4 rings (SSSR count). The Kier molecular flexibility index (Phi) is 5.99. The number of hydrogen-bond acceptors (Lipinski definition) is 6. The number of thiophene rings is 2. The first-order chi connectivity index (χ1) is 13.9. The zero-order valence-electron chi connectivity index (χ0n) is 17.5. The van der Waals surface area contributed by atoms with E-state index in [9.17, 15) is 4.79 Å². The van der Waals surface area contributed by atoms with Gasteiger partial charge in [0.05, 0.1) is 10.9 Å². The van der Waals surface area contributed by atoms with Gasteiger partial charge in [0.15, 0.2) is 0 Å². The van der Waals surface area contributed by atoms with E-state index in [0.717, 1.165) is 51.2 Å². The number of carbonyl (C=O) groups is 1. The molecule has 4 heterocycles. The molecule has 3 aromatic rings. The monoisotopic (exact) mass is 428 g/mol. The Labute approximate surface area is 180 Å². The van der Waals surface area contributed by atoms with E-state index < -0.39 is 0 Å². The molecule has 0 saturated carbocycles. The Morgan fingerprint density at radius 1 is 1.28 bits per heavy atom. The molecule has 1 unspecified atom stereocenters. The molecule has 1 aliphatic heterocycles. The molecule has 3 aromatic heterocycles. The Bertz CT molecular complexity index is 1000. The van der Waals surface area contributed by atoms with Gasteiger partial charge in [0.2, 0.25) is 0 Å². The van der Waals surface area contributed by atoms with Crippen molar-refractivity contribution in [1.82, 2.24) is 20.2 Å². The van der Waals surface area contributed by atoms with E-state index in [0.29, 0.717) is 6.54 Å². The summed E-state index contributed by atoms with van der Waals surface area (Å²) < 4.78 is 0. The summed E-state index contributed by atoms with van der Waals surface area (Å²) in [5.74, 6) is 1.54. The SMILES string of the molecule is Cc1nc(C)c2c(C)c(C(=O)NCC(c3cccs3)N3CCC(C)CC3)sc2n1. The highest BCUT2D eigenvalue weighted by atomic mass is 32.1. The second-order valence-corrected chi connectivity index (χ2v) is 10.0. The van der Waals surface area contributed by atoms with Gasteiger partial charge in [0.25, 0.3) is 5.91 Å². The summed E-state index contributed by atoms with van der Waals surface area (Å²) in [5, 5.41) is 6.36. The number of rotatable bonds is 5. The topological polar surface area (TPSA) is 58.1 Å². The van der Waals surface area contributed by atoms with E-state index in [1.165, 1.54) is 29.1 Å². The summed E-state index contributed by atoms with van der Waals surface area (Å²) in [7, 11) is 0. The molecule has 0 aromatic carbocycles. The predicted molar refractivity (Wildman–Crippen MR) is 121 cm³/mol. The molecule has 1 saturated heterocycles. The van der Waals surface area contributed by atoms with Crippen molar-refractivity contribution >= 4 is 38.8 Å². The molecule has 1 aliphatic rings. The molecule has 29 heavy (non-hydrogen) atoms. The lowest BCUT2D eigenvalue weighted by molar-refractivity contribution is 0.0918. The fraction of sp³-hybridized carbons (Fsp3) is 0.500. The summed E-state index contributed by atoms with van der Waals surface area (Å²) in [6, 6.07) is 4.53. The largest absolute Gasteiger partial charge is 0.349 e.